The third-order valence-corrected chi connectivity index (χ3v) is 8.35. The van der Waals surface area contributed by atoms with E-state index < -0.39 is 5.60 Å². The van der Waals surface area contributed by atoms with Gasteiger partial charge in [0.2, 0.25) is 0 Å². The molecule has 0 saturated carbocycles. The molecule has 5 nitrogen and oxygen atoms in total. The first-order valence-electron chi connectivity index (χ1n) is 14.5. The van der Waals surface area contributed by atoms with Crippen LogP contribution in [0.5, 0.6) is 11.5 Å². The summed E-state index contributed by atoms with van der Waals surface area (Å²) in [4.78, 5) is 15.7. The molecule has 2 aliphatic heterocycles. The summed E-state index contributed by atoms with van der Waals surface area (Å²) in [6, 6.07) is 36.7. The van der Waals surface area contributed by atoms with E-state index in [2.05, 4.69) is 79.5 Å². The zero-order chi connectivity index (χ0) is 28.8. The zero-order valence-corrected chi connectivity index (χ0v) is 24.0. The number of benzene rings is 5. The van der Waals surface area contributed by atoms with Gasteiger partial charge in [0.05, 0.1) is 5.56 Å². The molecule has 2 heterocycles. The standard InChI is InChI=1S/C37H32N2O3/c1-4-25-12-11-15-27(21-25)39(5-2)28-18-19-31-35(22-28)41-34-20-24(3)33(38-26-13-7-6-8-14-26)23-32(34)37(31)30-17-10-9-16-29(30)36(40)42-37/h6-23,38H,4-5H2,1-3H3. The van der Waals surface area contributed by atoms with Crippen molar-refractivity contribution in [1.29, 1.82) is 0 Å². The number of rotatable bonds is 6. The number of hydrogen-bond acceptors (Lipinski definition) is 5. The molecule has 1 N–H and O–H groups in total. The lowest BCUT2D eigenvalue weighted by atomic mass is 9.77. The minimum Gasteiger partial charge on any atom is -0.456 e. The minimum atomic E-state index is -1.13. The van der Waals surface area contributed by atoms with E-state index in [9.17, 15) is 4.79 Å². The van der Waals surface area contributed by atoms with Crippen LogP contribution >= 0.6 is 0 Å². The Morgan fingerprint density at radius 3 is 2.31 bits per heavy atom. The van der Waals surface area contributed by atoms with Gasteiger partial charge in [-0.1, -0.05) is 55.5 Å². The van der Waals surface area contributed by atoms with Crippen LogP contribution in [0.25, 0.3) is 0 Å². The minimum absolute atomic E-state index is 0.335. The lowest BCUT2D eigenvalue weighted by molar-refractivity contribution is 0.0224. The Kier molecular flexibility index (Phi) is 6.23. The molecule has 2 aliphatic rings. The number of nitrogens with zero attached hydrogens (tertiary/aromatic N) is 1. The number of carbonyl (C=O) groups is 1. The van der Waals surface area contributed by atoms with E-state index >= 15 is 0 Å². The van der Waals surface area contributed by atoms with E-state index in [0.717, 1.165) is 58.0 Å². The molecule has 42 heavy (non-hydrogen) atoms. The van der Waals surface area contributed by atoms with Crippen LogP contribution in [0.1, 0.15) is 52.0 Å². The highest BCUT2D eigenvalue weighted by atomic mass is 16.6. The molecular weight excluding hydrogens is 520 g/mol. The van der Waals surface area contributed by atoms with Gasteiger partial charge in [0.15, 0.2) is 5.60 Å². The van der Waals surface area contributed by atoms with Crippen LogP contribution in [0.3, 0.4) is 0 Å². The van der Waals surface area contributed by atoms with Gasteiger partial charge in [-0.3, -0.25) is 0 Å². The molecule has 0 amide bonds. The van der Waals surface area contributed by atoms with Crippen LogP contribution in [-0.2, 0) is 16.8 Å². The number of para-hydroxylation sites is 1. The molecule has 0 radical (unpaired) electrons. The van der Waals surface area contributed by atoms with Gasteiger partial charge in [0.25, 0.3) is 0 Å². The van der Waals surface area contributed by atoms with Crippen LogP contribution in [0.2, 0.25) is 0 Å². The maximum absolute atomic E-state index is 13.4. The number of aryl methyl sites for hydroxylation is 2. The van der Waals surface area contributed by atoms with Crippen LogP contribution in [-0.4, -0.2) is 12.5 Å². The number of anilines is 4. The predicted octanol–water partition coefficient (Wildman–Crippen LogP) is 9.03. The molecule has 1 atom stereocenters. The molecule has 5 aromatic carbocycles. The van der Waals surface area contributed by atoms with Crippen LogP contribution in [0.15, 0.2) is 109 Å². The summed E-state index contributed by atoms with van der Waals surface area (Å²) in [5.74, 6) is 1.02. The molecule has 208 valence electrons. The van der Waals surface area contributed by atoms with Crippen molar-refractivity contribution in [3.63, 3.8) is 0 Å². The van der Waals surface area contributed by atoms with E-state index in [4.69, 9.17) is 9.47 Å². The van der Waals surface area contributed by atoms with Crippen molar-refractivity contribution in [3.05, 3.63) is 143 Å². The van der Waals surface area contributed by atoms with Crippen molar-refractivity contribution in [1.82, 2.24) is 0 Å². The normalized spacial score (nSPS) is 16.2. The van der Waals surface area contributed by atoms with Gasteiger partial charge >= 0.3 is 5.97 Å². The Balaban J connectivity index is 1.41. The predicted molar refractivity (Wildman–Crippen MR) is 168 cm³/mol. The maximum Gasteiger partial charge on any atom is 0.340 e. The SMILES string of the molecule is CCc1cccc(N(CC)c2ccc3c(c2)Oc2cc(C)c(Nc4ccccc4)cc2C32OC(=O)c3ccccc32)c1. The quantitative estimate of drug-likeness (QED) is 0.213. The largest absolute Gasteiger partial charge is 0.456 e. The Morgan fingerprint density at radius 2 is 1.50 bits per heavy atom. The molecule has 0 aliphatic carbocycles. The Morgan fingerprint density at radius 1 is 0.738 bits per heavy atom. The maximum atomic E-state index is 13.4. The summed E-state index contributed by atoms with van der Waals surface area (Å²) in [6.07, 6.45) is 0.975. The van der Waals surface area contributed by atoms with Crippen LogP contribution < -0.4 is 15.0 Å². The highest BCUT2D eigenvalue weighted by molar-refractivity contribution is 5.97. The van der Waals surface area contributed by atoms with E-state index in [0.29, 0.717) is 17.1 Å². The van der Waals surface area contributed by atoms with Gasteiger partial charge in [-0.25, -0.2) is 4.79 Å². The summed E-state index contributed by atoms with van der Waals surface area (Å²) in [5.41, 5.74) is 8.24. The van der Waals surface area contributed by atoms with Crippen molar-refractivity contribution in [2.24, 2.45) is 0 Å². The fourth-order valence-electron chi connectivity index (χ4n) is 6.25. The first-order chi connectivity index (χ1) is 20.5. The average Bonchev–Trinajstić information content (AvgIpc) is 3.31. The van der Waals surface area contributed by atoms with E-state index in [-0.39, 0.29) is 5.97 Å². The highest BCUT2D eigenvalue weighted by Gasteiger charge is 2.53. The van der Waals surface area contributed by atoms with E-state index in [1.807, 2.05) is 60.7 Å². The van der Waals surface area contributed by atoms with Gasteiger partial charge in [-0.15, -0.1) is 0 Å². The second-order valence-electron chi connectivity index (χ2n) is 10.8. The van der Waals surface area contributed by atoms with Gasteiger partial charge in [0, 0.05) is 52.1 Å². The van der Waals surface area contributed by atoms with Crippen molar-refractivity contribution < 1.29 is 14.3 Å². The first kappa shape index (κ1) is 25.9. The lowest BCUT2D eigenvalue weighted by Gasteiger charge is -2.38. The lowest BCUT2D eigenvalue weighted by Crippen LogP contribution is -2.33. The number of hydrogen-bond donors (Lipinski definition) is 1. The molecule has 0 bridgehead atoms. The number of fused-ring (bicyclic) bond motifs is 6. The van der Waals surface area contributed by atoms with Gasteiger partial charge in [-0.05, 0) is 86.0 Å². The molecule has 5 aromatic rings. The topological polar surface area (TPSA) is 50.8 Å². The molecule has 1 spiro atoms. The fraction of sp³-hybridized carbons (Fsp3) is 0.162. The number of esters is 1. The summed E-state index contributed by atoms with van der Waals surface area (Å²) < 4.78 is 13.1. The number of carbonyl (C=O) groups excluding carboxylic acids is 1. The summed E-state index contributed by atoms with van der Waals surface area (Å²) in [7, 11) is 0. The molecule has 0 saturated heterocycles. The van der Waals surface area contributed by atoms with Gasteiger partial charge in [-0.2, -0.15) is 0 Å². The second kappa shape index (κ2) is 10.1. The van der Waals surface area contributed by atoms with Crippen LogP contribution in [0, 0.1) is 6.92 Å². The molecule has 0 aromatic heterocycles. The molecule has 0 fully saturated rings. The fourth-order valence-corrected chi connectivity index (χ4v) is 6.25. The molecule has 5 heteroatoms. The smallest absolute Gasteiger partial charge is 0.340 e. The first-order valence-corrected chi connectivity index (χ1v) is 14.5. The van der Waals surface area contributed by atoms with Crippen molar-refractivity contribution in [2.45, 2.75) is 32.8 Å². The summed E-state index contributed by atoms with van der Waals surface area (Å²) in [5, 5.41) is 3.54. The molecule has 1 unspecified atom stereocenters. The van der Waals surface area contributed by atoms with Gasteiger partial charge in [0.1, 0.15) is 11.5 Å². The van der Waals surface area contributed by atoms with E-state index in [1.54, 1.807) is 0 Å². The Labute approximate surface area is 246 Å². The molecule has 7 rings (SSSR count). The second-order valence-corrected chi connectivity index (χ2v) is 10.8. The monoisotopic (exact) mass is 552 g/mol. The van der Waals surface area contributed by atoms with Crippen molar-refractivity contribution in [3.8, 4) is 11.5 Å². The van der Waals surface area contributed by atoms with Crippen molar-refractivity contribution in [2.75, 3.05) is 16.8 Å². The summed E-state index contributed by atoms with van der Waals surface area (Å²) >= 11 is 0. The Bertz CT molecular complexity index is 1830. The van der Waals surface area contributed by atoms with E-state index in [1.165, 1.54) is 5.56 Å². The van der Waals surface area contributed by atoms with Crippen LogP contribution in [0.4, 0.5) is 22.7 Å². The third-order valence-electron chi connectivity index (χ3n) is 8.35. The number of ether oxygens (including phenoxy) is 2. The molecular formula is C37H32N2O3. The third kappa shape index (κ3) is 4.04. The Hall–Kier alpha value is -5.03. The van der Waals surface area contributed by atoms with Gasteiger partial charge < -0.3 is 19.7 Å². The highest BCUT2D eigenvalue weighted by Crippen LogP contribution is 2.57. The van der Waals surface area contributed by atoms with Crippen molar-refractivity contribution >= 4 is 28.7 Å². The average molecular weight is 553 g/mol. The summed E-state index contributed by atoms with van der Waals surface area (Å²) in [6.45, 7) is 7.17. The zero-order valence-electron chi connectivity index (χ0n) is 24.0. The number of nitrogens with one attached hydrogen (secondary N) is 1.